The first-order chi connectivity index (χ1) is 22.4. The molecule has 1 saturated heterocycles. The number of hydrogen-bond acceptors (Lipinski definition) is 9. The van der Waals surface area contributed by atoms with Crippen molar-refractivity contribution in [3.63, 3.8) is 0 Å². The number of fused-ring (bicyclic) bond motifs is 1. The fraction of sp³-hybridized carbons (Fsp3) is 0.657. The number of carbonyl (C=O) groups is 6. The van der Waals surface area contributed by atoms with E-state index < -0.39 is 35.3 Å². The highest BCUT2D eigenvalue weighted by Crippen LogP contribution is 2.37. The molecule has 3 aliphatic rings. The van der Waals surface area contributed by atoms with Crippen LogP contribution in [0.2, 0.25) is 0 Å². The first-order valence-corrected chi connectivity index (χ1v) is 17.0. The number of amides is 6. The summed E-state index contributed by atoms with van der Waals surface area (Å²) in [5.74, 6) is -1.08. The van der Waals surface area contributed by atoms with Gasteiger partial charge in [-0.3, -0.25) is 24.5 Å². The number of imide groups is 2. The van der Waals surface area contributed by atoms with Crippen LogP contribution in [0.4, 0.5) is 15.3 Å². The fourth-order valence-corrected chi connectivity index (χ4v) is 6.60. The Balaban J connectivity index is 1.54. The fourth-order valence-electron chi connectivity index (χ4n) is 6.60. The highest BCUT2D eigenvalue weighted by atomic mass is 16.6. The Morgan fingerprint density at radius 2 is 1.50 bits per heavy atom. The van der Waals surface area contributed by atoms with Crippen LogP contribution in [0.15, 0.2) is 18.2 Å². The standard InChI is InChI=1S/C35H51N5O8/c1-22(41)36-23-13-15-24(16-14-23)38(19-8-9-20-39(32(45)47-34(2,3)4)33(46)48-35(5,6)7)27-12-10-11-25-26(27)21-40(31(25)44)28-17-18-29(42)37-30(28)43/h10-12,23-24,28H,8-9,13-21H2,1-7H3,(H,36,41)(H,37,42,43). The third-order valence-electron chi connectivity index (χ3n) is 8.67. The molecule has 264 valence electrons. The lowest BCUT2D eigenvalue weighted by atomic mass is 9.89. The van der Waals surface area contributed by atoms with Gasteiger partial charge >= 0.3 is 12.2 Å². The number of nitrogens with zero attached hydrogens (tertiary/aromatic N) is 3. The van der Waals surface area contributed by atoms with Crippen LogP contribution in [0.3, 0.4) is 0 Å². The number of piperidine rings is 1. The number of hydrogen-bond donors (Lipinski definition) is 2. The van der Waals surface area contributed by atoms with Gasteiger partial charge in [-0.05, 0) is 98.6 Å². The third-order valence-corrected chi connectivity index (χ3v) is 8.67. The lowest BCUT2D eigenvalue weighted by Gasteiger charge is -2.39. The van der Waals surface area contributed by atoms with E-state index >= 15 is 0 Å². The number of nitrogens with one attached hydrogen (secondary N) is 2. The molecule has 0 radical (unpaired) electrons. The predicted octanol–water partition coefficient (Wildman–Crippen LogP) is 4.65. The molecule has 2 aliphatic heterocycles. The van der Waals surface area contributed by atoms with Gasteiger partial charge in [0.25, 0.3) is 5.91 Å². The summed E-state index contributed by atoms with van der Waals surface area (Å²) < 4.78 is 11.0. The van der Waals surface area contributed by atoms with Crippen molar-refractivity contribution in [2.24, 2.45) is 0 Å². The Labute approximate surface area is 283 Å². The zero-order chi connectivity index (χ0) is 35.4. The maximum atomic E-state index is 13.6. The van der Waals surface area contributed by atoms with Gasteiger partial charge in [0.05, 0.1) is 0 Å². The molecular formula is C35H51N5O8. The smallest absolute Gasteiger partial charge is 0.419 e. The van der Waals surface area contributed by atoms with Gasteiger partial charge in [0.15, 0.2) is 0 Å². The van der Waals surface area contributed by atoms with Crippen molar-refractivity contribution in [1.29, 1.82) is 0 Å². The molecule has 4 rings (SSSR count). The van der Waals surface area contributed by atoms with Crippen molar-refractivity contribution in [2.45, 2.75) is 136 Å². The minimum absolute atomic E-state index is 0.0530. The second-order valence-electron chi connectivity index (χ2n) is 14.9. The van der Waals surface area contributed by atoms with Gasteiger partial charge in [-0.1, -0.05) is 6.07 Å². The van der Waals surface area contributed by atoms with Gasteiger partial charge in [0.2, 0.25) is 17.7 Å². The minimum Gasteiger partial charge on any atom is -0.443 e. The van der Waals surface area contributed by atoms with E-state index in [-0.39, 0.29) is 55.7 Å². The summed E-state index contributed by atoms with van der Waals surface area (Å²) in [6, 6.07) is 5.12. The molecule has 0 aromatic heterocycles. The predicted molar refractivity (Wildman–Crippen MR) is 178 cm³/mol. The third kappa shape index (κ3) is 9.47. The second kappa shape index (κ2) is 14.9. The first-order valence-electron chi connectivity index (χ1n) is 17.0. The van der Waals surface area contributed by atoms with E-state index in [0.29, 0.717) is 24.9 Å². The Kier molecular flexibility index (Phi) is 11.4. The first kappa shape index (κ1) is 36.7. The molecule has 48 heavy (non-hydrogen) atoms. The number of unbranched alkanes of at least 4 members (excludes halogenated alkanes) is 1. The van der Waals surface area contributed by atoms with E-state index in [1.54, 1.807) is 52.5 Å². The van der Waals surface area contributed by atoms with Crippen LogP contribution in [0.25, 0.3) is 0 Å². The molecule has 1 atom stereocenters. The van der Waals surface area contributed by atoms with Crippen LogP contribution >= 0.6 is 0 Å². The molecule has 1 aromatic carbocycles. The summed E-state index contributed by atoms with van der Waals surface area (Å²) in [7, 11) is 0. The number of benzene rings is 1. The summed E-state index contributed by atoms with van der Waals surface area (Å²) in [5, 5.41) is 5.39. The van der Waals surface area contributed by atoms with Crippen LogP contribution in [0.1, 0.15) is 116 Å². The lowest BCUT2D eigenvalue weighted by molar-refractivity contribution is -0.137. The molecule has 1 unspecified atom stereocenters. The zero-order valence-electron chi connectivity index (χ0n) is 29.3. The molecule has 13 heteroatoms. The van der Waals surface area contributed by atoms with E-state index in [1.165, 1.54) is 6.92 Å². The number of ether oxygens (including phenoxy) is 2. The molecule has 1 aromatic rings. The molecule has 2 fully saturated rings. The average molecular weight is 670 g/mol. The molecule has 0 spiro atoms. The summed E-state index contributed by atoms with van der Waals surface area (Å²) in [6.45, 7) is 12.9. The van der Waals surface area contributed by atoms with Gasteiger partial charge < -0.3 is 24.6 Å². The largest absolute Gasteiger partial charge is 0.443 e. The van der Waals surface area contributed by atoms with E-state index in [4.69, 9.17) is 9.47 Å². The maximum absolute atomic E-state index is 13.6. The molecule has 0 bridgehead atoms. The topological polar surface area (TPSA) is 155 Å². The summed E-state index contributed by atoms with van der Waals surface area (Å²) in [6.07, 6.45) is 3.27. The summed E-state index contributed by atoms with van der Waals surface area (Å²) in [5.41, 5.74) is 0.680. The van der Waals surface area contributed by atoms with Crippen LogP contribution in [-0.4, -0.2) is 88.0 Å². The van der Waals surface area contributed by atoms with Gasteiger partial charge in [-0.25, -0.2) is 14.5 Å². The molecule has 6 amide bonds. The van der Waals surface area contributed by atoms with E-state index in [2.05, 4.69) is 15.5 Å². The van der Waals surface area contributed by atoms with E-state index in [0.717, 1.165) is 41.8 Å². The number of anilines is 1. The van der Waals surface area contributed by atoms with Crippen molar-refractivity contribution in [1.82, 2.24) is 20.4 Å². The SMILES string of the molecule is CC(=O)NC1CCC(N(CCCCN(C(=O)OC(C)(C)C)C(=O)OC(C)(C)C)c2cccc3c2CN(C2CCC(=O)NC2=O)C3=O)CC1. The van der Waals surface area contributed by atoms with Crippen molar-refractivity contribution in [2.75, 3.05) is 18.0 Å². The molecule has 1 saturated carbocycles. The summed E-state index contributed by atoms with van der Waals surface area (Å²) in [4.78, 5) is 80.7. The monoisotopic (exact) mass is 669 g/mol. The summed E-state index contributed by atoms with van der Waals surface area (Å²) >= 11 is 0. The molecule has 13 nitrogen and oxygen atoms in total. The van der Waals surface area contributed by atoms with Crippen LogP contribution in [-0.2, 0) is 30.4 Å². The number of carbonyl (C=O) groups excluding carboxylic acids is 6. The normalized spacial score (nSPS) is 21.3. The van der Waals surface area contributed by atoms with Crippen LogP contribution in [0, 0.1) is 0 Å². The maximum Gasteiger partial charge on any atom is 0.419 e. The molecule has 1 aliphatic carbocycles. The Morgan fingerprint density at radius 3 is 2.06 bits per heavy atom. The van der Waals surface area contributed by atoms with Gasteiger partial charge in [0, 0.05) is 61.9 Å². The molecule has 2 heterocycles. The van der Waals surface area contributed by atoms with Gasteiger partial charge in [0.1, 0.15) is 17.2 Å². The Hall–Kier alpha value is -4.16. The quantitative estimate of drug-likeness (QED) is 0.282. The second-order valence-corrected chi connectivity index (χ2v) is 14.9. The van der Waals surface area contributed by atoms with Crippen molar-refractivity contribution in [3.05, 3.63) is 29.3 Å². The highest BCUT2D eigenvalue weighted by molar-refractivity contribution is 6.06. The van der Waals surface area contributed by atoms with E-state index in [9.17, 15) is 28.8 Å². The Bertz CT molecular complexity index is 1380. The van der Waals surface area contributed by atoms with Crippen molar-refractivity contribution >= 4 is 41.5 Å². The Morgan fingerprint density at radius 1 is 0.896 bits per heavy atom. The van der Waals surface area contributed by atoms with Gasteiger partial charge in [-0.15, -0.1) is 0 Å². The van der Waals surface area contributed by atoms with Crippen LogP contribution in [0.5, 0.6) is 0 Å². The van der Waals surface area contributed by atoms with E-state index in [1.807, 2.05) is 12.1 Å². The van der Waals surface area contributed by atoms with Crippen LogP contribution < -0.4 is 15.5 Å². The number of rotatable bonds is 9. The van der Waals surface area contributed by atoms with Crippen molar-refractivity contribution < 1.29 is 38.2 Å². The van der Waals surface area contributed by atoms with Gasteiger partial charge in [-0.2, -0.15) is 0 Å². The molecular weight excluding hydrogens is 618 g/mol. The minimum atomic E-state index is -0.795. The lowest BCUT2D eigenvalue weighted by Crippen LogP contribution is -2.52. The van der Waals surface area contributed by atoms with Crippen molar-refractivity contribution in [3.8, 4) is 0 Å². The zero-order valence-corrected chi connectivity index (χ0v) is 29.3. The average Bonchev–Trinajstić information content (AvgIpc) is 3.29. The molecule has 2 N–H and O–H groups in total. The highest BCUT2D eigenvalue weighted by Gasteiger charge is 2.41.